The number of hydrogen-bond acceptors (Lipinski definition) is 4. The van der Waals surface area contributed by atoms with Crippen LogP contribution in [0.5, 0.6) is 0 Å². The highest BCUT2D eigenvalue weighted by Crippen LogP contribution is 2.31. The number of thiazole rings is 1. The highest BCUT2D eigenvalue weighted by Gasteiger charge is 2.20. The summed E-state index contributed by atoms with van der Waals surface area (Å²) in [5, 5.41) is 9.82. The topological polar surface area (TPSA) is 53.4 Å². The van der Waals surface area contributed by atoms with Gasteiger partial charge in [-0.25, -0.2) is 9.78 Å². The van der Waals surface area contributed by atoms with Crippen molar-refractivity contribution in [3.63, 3.8) is 0 Å². The first-order valence-corrected chi connectivity index (χ1v) is 8.07. The Bertz CT molecular complexity index is 496. The molecule has 1 atom stereocenters. The van der Waals surface area contributed by atoms with Crippen molar-refractivity contribution in [2.75, 3.05) is 18.0 Å². The van der Waals surface area contributed by atoms with Gasteiger partial charge in [0.05, 0.1) is 10.6 Å². The molecule has 1 N–H and O–H groups in total. The van der Waals surface area contributed by atoms with E-state index in [2.05, 4.69) is 18.7 Å². The summed E-state index contributed by atoms with van der Waals surface area (Å²) >= 11 is 1.61. The second-order valence-electron chi connectivity index (χ2n) is 5.42. The van der Waals surface area contributed by atoms with E-state index < -0.39 is 5.97 Å². The number of carbonyl (C=O) groups is 1. The van der Waals surface area contributed by atoms with Crippen molar-refractivity contribution in [2.45, 2.75) is 39.5 Å². The number of aromatic nitrogens is 1. The number of carboxylic acid groups (broad SMARTS) is 1. The Kier molecular flexibility index (Phi) is 5.17. The molecule has 0 saturated carbocycles. The van der Waals surface area contributed by atoms with Gasteiger partial charge in [0.2, 0.25) is 0 Å². The lowest BCUT2D eigenvalue weighted by Gasteiger charge is -2.30. The number of piperidine rings is 1. The Morgan fingerprint density at radius 1 is 1.60 bits per heavy atom. The molecule has 1 unspecified atom stereocenters. The van der Waals surface area contributed by atoms with Gasteiger partial charge in [0.1, 0.15) is 0 Å². The van der Waals surface area contributed by atoms with Crippen LogP contribution in [0.3, 0.4) is 0 Å². The van der Waals surface area contributed by atoms with Crippen molar-refractivity contribution in [1.82, 2.24) is 4.98 Å². The van der Waals surface area contributed by atoms with E-state index in [1.165, 1.54) is 18.9 Å². The van der Waals surface area contributed by atoms with Crippen LogP contribution in [-0.4, -0.2) is 29.1 Å². The van der Waals surface area contributed by atoms with E-state index in [0.717, 1.165) is 41.6 Å². The minimum absolute atomic E-state index is 0.709. The van der Waals surface area contributed by atoms with Gasteiger partial charge >= 0.3 is 5.97 Å². The smallest absolute Gasteiger partial charge is 0.328 e. The monoisotopic (exact) mass is 294 g/mol. The van der Waals surface area contributed by atoms with Crippen molar-refractivity contribution >= 4 is 28.5 Å². The summed E-state index contributed by atoms with van der Waals surface area (Å²) in [6, 6.07) is 0. The molecule has 1 aliphatic heterocycles. The molecule has 2 rings (SSSR count). The molecular formula is C15H22N2O2S. The number of aryl methyl sites for hydroxylation is 1. The molecule has 1 saturated heterocycles. The largest absolute Gasteiger partial charge is 0.478 e. The van der Waals surface area contributed by atoms with Crippen molar-refractivity contribution < 1.29 is 9.90 Å². The van der Waals surface area contributed by atoms with Crippen molar-refractivity contribution in [3.05, 3.63) is 16.6 Å². The average molecular weight is 294 g/mol. The number of aliphatic carboxylic acids is 1. The molecule has 5 heteroatoms. The van der Waals surface area contributed by atoms with E-state index in [1.54, 1.807) is 17.4 Å². The van der Waals surface area contributed by atoms with E-state index in [0.29, 0.717) is 5.92 Å². The predicted molar refractivity (Wildman–Crippen MR) is 83.4 cm³/mol. The lowest BCUT2D eigenvalue weighted by atomic mass is 10.0. The molecule has 0 amide bonds. The number of anilines is 1. The van der Waals surface area contributed by atoms with Crippen LogP contribution in [0.4, 0.5) is 5.13 Å². The standard InChI is InChI=1S/C15H22N2O2S/c1-3-5-12-13(7-8-14(18)19)20-15(16-12)17-9-4-6-11(2)10-17/h7-8,11H,3-6,9-10H2,1-2H3,(H,18,19)/b8-7+. The number of rotatable bonds is 5. The molecule has 0 bridgehead atoms. The zero-order valence-corrected chi connectivity index (χ0v) is 12.9. The van der Waals surface area contributed by atoms with Gasteiger partial charge < -0.3 is 10.0 Å². The maximum absolute atomic E-state index is 10.7. The lowest BCUT2D eigenvalue weighted by Crippen LogP contribution is -2.34. The molecule has 0 aliphatic carbocycles. The second kappa shape index (κ2) is 6.88. The van der Waals surface area contributed by atoms with Crippen LogP contribution in [0.15, 0.2) is 6.08 Å². The third-order valence-electron chi connectivity index (χ3n) is 3.51. The summed E-state index contributed by atoms with van der Waals surface area (Å²) in [5.74, 6) is -0.200. The molecular weight excluding hydrogens is 272 g/mol. The molecule has 0 radical (unpaired) electrons. The Balaban J connectivity index is 2.21. The van der Waals surface area contributed by atoms with Crippen molar-refractivity contribution in [3.8, 4) is 0 Å². The van der Waals surface area contributed by atoms with Gasteiger partial charge in [-0.05, 0) is 31.3 Å². The van der Waals surface area contributed by atoms with Crippen LogP contribution in [0.25, 0.3) is 6.08 Å². The molecule has 1 aromatic heterocycles. The van der Waals surface area contributed by atoms with Gasteiger partial charge in [0.25, 0.3) is 0 Å². The Morgan fingerprint density at radius 3 is 3.05 bits per heavy atom. The van der Waals surface area contributed by atoms with E-state index in [1.807, 2.05) is 0 Å². The third-order valence-corrected chi connectivity index (χ3v) is 4.63. The maximum atomic E-state index is 10.7. The summed E-state index contributed by atoms with van der Waals surface area (Å²) in [7, 11) is 0. The molecule has 2 heterocycles. The Hall–Kier alpha value is -1.36. The molecule has 20 heavy (non-hydrogen) atoms. The van der Waals surface area contributed by atoms with Gasteiger partial charge in [-0.1, -0.05) is 31.6 Å². The summed E-state index contributed by atoms with van der Waals surface area (Å²) in [6.45, 7) is 6.51. The van der Waals surface area contributed by atoms with Crippen molar-refractivity contribution in [2.24, 2.45) is 5.92 Å². The van der Waals surface area contributed by atoms with Crippen molar-refractivity contribution in [1.29, 1.82) is 0 Å². The minimum atomic E-state index is -0.908. The molecule has 4 nitrogen and oxygen atoms in total. The first-order valence-electron chi connectivity index (χ1n) is 7.25. The van der Waals surface area contributed by atoms with Crippen LogP contribution in [0.1, 0.15) is 43.7 Å². The third kappa shape index (κ3) is 3.82. The van der Waals surface area contributed by atoms with Crippen LogP contribution >= 0.6 is 11.3 Å². The molecule has 110 valence electrons. The molecule has 1 aliphatic rings. The fourth-order valence-electron chi connectivity index (χ4n) is 2.54. The fourth-order valence-corrected chi connectivity index (χ4v) is 3.59. The maximum Gasteiger partial charge on any atom is 0.328 e. The number of carboxylic acids is 1. The summed E-state index contributed by atoms with van der Waals surface area (Å²) in [4.78, 5) is 18.7. The second-order valence-corrected chi connectivity index (χ2v) is 6.43. The lowest BCUT2D eigenvalue weighted by molar-refractivity contribution is -0.131. The van der Waals surface area contributed by atoms with Crippen LogP contribution < -0.4 is 4.90 Å². The van der Waals surface area contributed by atoms with Crippen LogP contribution in [-0.2, 0) is 11.2 Å². The molecule has 1 fully saturated rings. The van der Waals surface area contributed by atoms with E-state index >= 15 is 0 Å². The van der Waals surface area contributed by atoms with Gasteiger partial charge in [-0.3, -0.25) is 0 Å². The highest BCUT2D eigenvalue weighted by molar-refractivity contribution is 7.16. The molecule has 1 aromatic rings. The summed E-state index contributed by atoms with van der Waals surface area (Å²) in [6.07, 6.45) is 7.31. The first-order chi connectivity index (χ1) is 9.60. The summed E-state index contributed by atoms with van der Waals surface area (Å²) in [5.41, 5.74) is 1.03. The zero-order valence-electron chi connectivity index (χ0n) is 12.1. The van der Waals surface area contributed by atoms with Crippen LogP contribution in [0.2, 0.25) is 0 Å². The quantitative estimate of drug-likeness (QED) is 0.845. The fraction of sp³-hybridized carbons (Fsp3) is 0.600. The average Bonchev–Trinajstić information content (AvgIpc) is 2.80. The molecule has 0 spiro atoms. The normalized spacial score (nSPS) is 19.7. The van der Waals surface area contributed by atoms with E-state index in [9.17, 15) is 4.79 Å². The van der Waals surface area contributed by atoms with E-state index in [-0.39, 0.29) is 0 Å². The van der Waals surface area contributed by atoms with Gasteiger partial charge in [0.15, 0.2) is 5.13 Å². The Labute approximate surface area is 124 Å². The minimum Gasteiger partial charge on any atom is -0.478 e. The number of nitrogens with zero attached hydrogens (tertiary/aromatic N) is 2. The first kappa shape index (κ1) is 15.0. The van der Waals surface area contributed by atoms with E-state index in [4.69, 9.17) is 10.1 Å². The van der Waals surface area contributed by atoms with Gasteiger partial charge in [0, 0.05) is 19.2 Å². The number of hydrogen-bond donors (Lipinski definition) is 1. The van der Waals surface area contributed by atoms with Gasteiger partial charge in [-0.2, -0.15) is 0 Å². The molecule has 0 aromatic carbocycles. The summed E-state index contributed by atoms with van der Waals surface area (Å²) < 4.78 is 0. The Morgan fingerprint density at radius 2 is 2.40 bits per heavy atom. The SMILES string of the molecule is CCCc1nc(N2CCCC(C)C2)sc1/C=C/C(=O)O. The predicted octanol–water partition coefficient (Wildman–Crippen LogP) is 3.43. The highest BCUT2D eigenvalue weighted by atomic mass is 32.1. The van der Waals surface area contributed by atoms with Gasteiger partial charge in [-0.15, -0.1) is 0 Å². The zero-order chi connectivity index (χ0) is 14.5. The van der Waals surface area contributed by atoms with Crippen LogP contribution in [0, 0.1) is 5.92 Å².